The average molecular weight is 425 g/mol. The number of halogens is 2. The van der Waals surface area contributed by atoms with Gasteiger partial charge in [-0.3, -0.25) is 4.98 Å². The van der Waals surface area contributed by atoms with Gasteiger partial charge in [0.15, 0.2) is 0 Å². The van der Waals surface area contributed by atoms with E-state index in [0.717, 1.165) is 53.3 Å². The van der Waals surface area contributed by atoms with Crippen LogP contribution >= 0.6 is 27.5 Å². The first-order valence-corrected chi connectivity index (χ1v) is 10.2. The van der Waals surface area contributed by atoms with E-state index >= 15 is 0 Å². The third kappa shape index (κ3) is 4.11. The maximum absolute atomic E-state index is 6.34. The fourth-order valence-electron chi connectivity index (χ4n) is 3.88. The molecule has 1 aromatic heterocycles. The molecule has 0 amide bonds. The summed E-state index contributed by atoms with van der Waals surface area (Å²) in [4.78, 5) is 7.03. The smallest absolute Gasteiger partial charge is 0.0909 e. The van der Waals surface area contributed by atoms with Crippen molar-refractivity contribution in [1.82, 2.24) is 9.88 Å². The van der Waals surface area contributed by atoms with E-state index in [1.165, 1.54) is 25.8 Å². The Labute approximate surface area is 162 Å². The summed E-state index contributed by atoms with van der Waals surface area (Å²) in [6, 6.07) is 6.53. The lowest BCUT2D eigenvalue weighted by molar-refractivity contribution is 0.154. The largest absolute Gasteiger partial charge is 0.382 e. The van der Waals surface area contributed by atoms with Gasteiger partial charge in [0.25, 0.3) is 0 Å². The average Bonchev–Trinajstić information content (AvgIpc) is 3.10. The fourth-order valence-corrected chi connectivity index (χ4v) is 4.73. The van der Waals surface area contributed by atoms with Crippen molar-refractivity contribution < 1.29 is 4.74 Å². The van der Waals surface area contributed by atoms with Crippen LogP contribution in [0.4, 0.5) is 5.69 Å². The predicted octanol–water partition coefficient (Wildman–Crippen LogP) is 4.56. The molecule has 4 rings (SSSR count). The Morgan fingerprint density at radius 3 is 2.88 bits per heavy atom. The molecule has 0 saturated carbocycles. The Morgan fingerprint density at radius 2 is 2.12 bits per heavy atom. The summed E-state index contributed by atoms with van der Waals surface area (Å²) < 4.78 is 6.48. The summed E-state index contributed by atoms with van der Waals surface area (Å²) in [6.45, 7) is 5.38. The Kier molecular flexibility index (Phi) is 5.46. The monoisotopic (exact) mass is 423 g/mol. The van der Waals surface area contributed by atoms with E-state index < -0.39 is 0 Å². The normalized spacial score (nSPS) is 22.6. The van der Waals surface area contributed by atoms with Gasteiger partial charge in [-0.25, -0.2) is 0 Å². The van der Waals surface area contributed by atoms with Gasteiger partial charge in [0.1, 0.15) is 0 Å². The van der Waals surface area contributed by atoms with Crippen molar-refractivity contribution in [2.24, 2.45) is 5.92 Å². The number of hydrogen-bond acceptors (Lipinski definition) is 4. The molecule has 134 valence electrons. The summed E-state index contributed by atoms with van der Waals surface area (Å²) in [6.07, 6.45) is 5.38. The fraction of sp³-hybridized carbons (Fsp3) is 0.526. The van der Waals surface area contributed by atoms with Crippen molar-refractivity contribution in [3.63, 3.8) is 0 Å². The van der Waals surface area contributed by atoms with Crippen molar-refractivity contribution in [2.45, 2.75) is 25.3 Å². The van der Waals surface area contributed by atoms with Gasteiger partial charge >= 0.3 is 0 Å². The molecule has 6 heteroatoms. The second kappa shape index (κ2) is 7.78. The van der Waals surface area contributed by atoms with E-state index in [-0.39, 0.29) is 0 Å². The number of ether oxygens (including phenoxy) is 1. The van der Waals surface area contributed by atoms with Crippen LogP contribution in [-0.2, 0) is 4.74 Å². The number of fused-ring (bicyclic) bond motifs is 1. The second-order valence-corrected chi connectivity index (χ2v) is 8.41. The van der Waals surface area contributed by atoms with Crippen molar-refractivity contribution in [2.75, 3.05) is 38.2 Å². The lowest BCUT2D eigenvalue weighted by Crippen LogP contribution is -2.41. The van der Waals surface area contributed by atoms with E-state index in [1.54, 1.807) is 0 Å². The number of piperidine rings is 1. The van der Waals surface area contributed by atoms with E-state index in [9.17, 15) is 0 Å². The van der Waals surface area contributed by atoms with Gasteiger partial charge in [-0.1, -0.05) is 27.5 Å². The number of benzene rings is 1. The molecular formula is C19H23BrClN3O. The first-order valence-electron chi connectivity index (χ1n) is 8.99. The topological polar surface area (TPSA) is 37.4 Å². The number of pyridine rings is 1. The minimum Gasteiger partial charge on any atom is -0.382 e. The van der Waals surface area contributed by atoms with Gasteiger partial charge in [-0.05, 0) is 43.4 Å². The third-order valence-corrected chi connectivity index (χ3v) is 6.00. The number of aromatic nitrogens is 1. The first-order chi connectivity index (χ1) is 12.2. The van der Waals surface area contributed by atoms with E-state index in [4.69, 9.17) is 16.3 Å². The SMILES string of the molecule is Clc1cc(Br)cc2c(NC3CCN(CC4CCOC4)CC3)ccnc12. The summed E-state index contributed by atoms with van der Waals surface area (Å²) >= 11 is 9.88. The lowest BCUT2D eigenvalue weighted by atomic mass is 10.0. The zero-order valence-electron chi connectivity index (χ0n) is 14.2. The predicted molar refractivity (Wildman–Crippen MR) is 106 cm³/mol. The Morgan fingerprint density at radius 1 is 1.28 bits per heavy atom. The molecule has 3 heterocycles. The van der Waals surface area contributed by atoms with Gasteiger partial charge in [0, 0.05) is 54.0 Å². The molecule has 1 N–H and O–H groups in total. The quantitative estimate of drug-likeness (QED) is 0.780. The van der Waals surface area contributed by atoms with Crippen LogP contribution in [0.15, 0.2) is 28.9 Å². The molecule has 0 spiro atoms. The Balaban J connectivity index is 1.41. The number of nitrogens with one attached hydrogen (secondary N) is 1. The van der Waals surface area contributed by atoms with Gasteiger partial charge in [-0.15, -0.1) is 0 Å². The number of nitrogens with zero attached hydrogens (tertiary/aromatic N) is 2. The molecule has 4 nitrogen and oxygen atoms in total. The van der Waals surface area contributed by atoms with Crippen molar-refractivity contribution >= 4 is 44.1 Å². The molecular weight excluding hydrogens is 402 g/mol. The van der Waals surface area contributed by atoms with Crippen LogP contribution in [0.5, 0.6) is 0 Å². The maximum atomic E-state index is 6.34. The Bertz CT molecular complexity index is 743. The minimum absolute atomic E-state index is 0.499. The van der Waals surface area contributed by atoms with Gasteiger partial charge in [0.05, 0.1) is 17.1 Å². The molecule has 2 aromatic rings. The highest BCUT2D eigenvalue weighted by molar-refractivity contribution is 9.10. The lowest BCUT2D eigenvalue weighted by Gasteiger charge is -2.34. The molecule has 1 atom stereocenters. The zero-order valence-corrected chi connectivity index (χ0v) is 16.5. The van der Waals surface area contributed by atoms with Crippen LogP contribution < -0.4 is 5.32 Å². The van der Waals surface area contributed by atoms with Crippen molar-refractivity contribution in [3.05, 3.63) is 33.9 Å². The summed E-state index contributed by atoms with van der Waals surface area (Å²) in [5, 5.41) is 5.48. The molecule has 2 saturated heterocycles. The number of likely N-dealkylation sites (tertiary alicyclic amines) is 1. The maximum Gasteiger partial charge on any atom is 0.0909 e. The van der Waals surface area contributed by atoms with Crippen LogP contribution in [0.1, 0.15) is 19.3 Å². The van der Waals surface area contributed by atoms with Gasteiger partial charge in [0.2, 0.25) is 0 Å². The van der Waals surface area contributed by atoms with Crippen molar-refractivity contribution in [3.8, 4) is 0 Å². The molecule has 0 radical (unpaired) electrons. The Hall–Kier alpha value is -0.880. The molecule has 1 unspecified atom stereocenters. The van der Waals surface area contributed by atoms with E-state index in [0.29, 0.717) is 11.1 Å². The van der Waals surface area contributed by atoms with Crippen LogP contribution in [0.3, 0.4) is 0 Å². The van der Waals surface area contributed by atoms with Gasteiger partial charge < -0.3 is 15.0 Å². The van der Waals surface area contributed by atoms with Crippen molar-refractivity contribution in [1.29, 1.82) is 0 Å². The van der Waals surface area contributed by atoms with E-state index in [2.05, 4.69) is 37.2 Å². The first kappa shape index (κ1) is 17.5. The second-order valence-electron chi connectivity index (χ2n) is 7.09. The van der Waals surface area contributed by atoms with Crippen LogP contribution in [0.2, 0.25) is 5.02 Å². The highest BCUT2D eigenvalue weighted by atomic mass is 79.9. The minimum atomic E-state index is 0.499. The molecule has 2 aliphatic heterocycles. The third-order valence-electron chi connectivity index (χ3n) is 5.25. The zero-order chi connectivity index (χ0) is 17.2. The summed E-state index contributed by atoms with van der Waals surface area (Å²) in [5.74, 6) is 0.730. The standard InChI is InChI=1S/C19H23BrClN3O/c20-14-9-16-18(1-5-22-19(16)17(21)10-14)23-15-2-6-24(7-3-15)11-13-4-8-25-12-13/h1,5,9-10,13,15H,2-4,6-8,11-12H2,(H,22,23). The highest BCUT2D eigenvalue weighted by Gasteiger charge is 2.24. The number of rotatable bonds is 4. The van der Waals surface area contributed by atoms with Crippen LogP contribution in [0, 0.1) is 5.92 Å². The molecule has 0 bridgehead atoms. The highest BCUT2D eigenvalue weighted by Crippen LogP contribution is 2.32. The van der Waals surface area contributed by atoms with Crippen LogP contribution in [-0.4, -0.2) is 48.8 Å². The summed E-state index contributed by atoms with van der Waals surface area (Å²) in [7, 11) is 0. The molecule has 2 aliphatic rings. The molecule has 25 heavy (non-hydrogen) atoms. The van der Waals surface area contributed by atoms with E-state index in [1.807, 2.05) is 18.3 Å². The van der Waals surface area contributed by atoms with Gasteiger partial charge in [-0.2, -0.15) is 0 Å². The molecule has 0 aliphatic carbocycles. The number of anilines is 1. The van der Waals surface area contributed by atoms with Crippen LogP contribution in [0.25, 0.3) is 10.9 Å². The molecule has 1 aromatic carbocycles. The number of hydrogen-bond donors (Lipinski definition) is 1. The summed E-state index contributed by atoms with van der Waals surface area (Å²) in [5.41, 5.74) is 1.98. The molecule has 2 fully saturated rings.